The van der Waals surface area contributed by atoms with Gasteiger partial charge in [0.05, 0.1) is 34.5 Å². The Balaban J connectivity index is 1.26. The molecule has 0 spiro atoms. The minimum absolute atomic E-state index is 0.216. The van der Waals surface area contributed by atoms with Crippen LogP contribution >= 0.6 is 0 Å². The topological polar surface area (TPSA) is 148 Å². The molecule has 11 nitrogen and oxygen atoms in total. The van der Waals surface area contributed by atoms with E-state index in [0.717, 1.165) is 52.4 Å². The van der Waals surface area contributed by atoms with E-state index in [-0.39, 0.29) is 11.3 Å². The normalized spacial score (nSPS) is 21.2. The van der Waals surface area contributed by atoms with Crippen molar-refractivity contribution in [3.05, 3.63) is 60.8 Å². The number of hydrogen-bond acceptors (Lipinski definition) is 10. The van der Waals surface area contributed by atoms with Crippen molar-refractivity contribution in [3.63, 3.8) is 0 Å². The number of nitrogens with one attached hydrogen (secondary N) is 2. The van der Waals surface area contributed by atoms with Crippen LogP contribution in [-0.4, -0.2) is 59.5 Å². The number of pyridine rings is 2. The molecule has 0 aliphatic heterocycles. The molecule has 4 aromatic rings. The molecule has 0 saturated heterocycles. The van der Waals surface area contributed by atoms with Crippen molar-refractivity contribution in [1.82, 2.24) is 29.1 Å². The lowest BCUT2D eigenvalue weighted by molar-refractivity contribution is 0.0196. The molecule has 4 heterocycles. The molecule has 0 atom stereocenters. The second kappa shape index (κ2) is 10.3. The highest BCUT2D eigenvalue weighted by atomic mass is 32.2. The van der Waals surface area contributed by atoms with Gasteiger partial charge < -0.3 is 15.7 Å². The minimum atomic E-state index is -3.47. The third-order valence-corrected chi connectivity index (χ3v) is 9.46. The van der Waals surface area contributed by atoms with Gasteiger partial charge in [-0.1, -0.05) is 6.07 Å². The van der Waals surface area contributed by atoms with E-state index in [1.165, 1.54) is 12.4 Å². The summed E-state index contributed by atoms with van der Waals surface area (Å²) in [6, 6.07) is 9.78. The van der Waals surface area contributed by atoms with Crippen LogP contribution in [0.5, 0.6) is 0 Å². The van der Waals surface area contributed by atoms with Gasteiger partial charge in [0.25, 0.3) is 10.0 Å². The lowest BCUT2D eigenvalue weighted by Gasteiger charge is -2.34. The fraction of sp³-hybridized carbons (Fsp3) is 0.393. The Morgan fingerprint density at radius 3 is 2.58 bits per heavy atom. The number of rotatable bonds is 8. The first-order chi connectivity index (χ1) is 19.2. The molecule has 4 aromatic heterocycles. The maximum absolute atomic E-state index is 12.5. The standard InChI is InChI=1S/C28H32N8O3S/c1-18-4-3-5-23(32-18)22-16-30-26(14-24(22)33-20-8-11-28(2,37)12-9-20)34-25-10-13-29-27(35-25)19-15-31-36(17-19)40(38,39)21-6-7-21/h3-5,10,13-17,20-21,37H,6-9,11-12H2,1-2H3,(H2,29,30,33,34,35). The van der Waals surface area contributed by atoms with Gasteiger partial charge in [0.2, 0.25) is 0 Å². The zero-order valence-corrected chi connectivity index (χ0v) is 23.3. The average Bonchev–Trinajstić information content (AvgIpc) is 3.67. The Labute approximate surface area is 233 Å². The predicted octanol–water partition coefficient (Wildman–Crippen LogP) is 4.29. The first-order valence-electron chi connectivity index (χ1n) is 13.5. The summed E-state index contributed by atoms with van der Waals surface area (Å²) < 4.78 is 26.1. The molecule has 6 rings (SSSR count). The van der Waals surface area contributed by atoms with Crippen LogP contribution < -0.4 is 10.6 Å². The molecular weight excluding hydrogens is 528 g/mol. The van der Waals surface area contributed by atoms with Crippen molar-refractivity contribution in [3.8, 4) is 22.6 Å². The summed E-state index contributed by atoms with van der Waals surface area (Å²) in [7, 11) is -3.47. The molecule has 0 radical (unpaired) electrons. The van der Waals surface area contributed by atoms with Crippen LogP contribution in [0, 0.1) is 6.92 Å². The molecule has 208 valence electrons. The maximum Gasteiger partial charge on any atom is 0.256 e. The van der Waals surface area contributed by atoms with Crippen LogP contribution in [-0.2, 0) is 10.0 Å². The van der Waals surface area contributed by atoms with E-state index in [9.17, 15) is 13.5 Å². The first-order valence-corrected chi connectivity index (χ1v) is 15.0. The summed E-state index contributed by atoms with van der Waals surface area (Å²) in [5.74, 6) is 1.45. The molecule has 0 aromatic carbocycles. The zero-order valence-electron chi connectivity index (χ0n) is 22.4. The van der Waals surface area contributed by atoms with Crippen molar-refractivity contribution in [1.29, 1.82) is 0 Å². The third-order valence-electron chi connectivity index (χ3n) is 7.43. The monoisotopic (exact) mass is 560 g/mol. The molecule has 2 aliphatic rings. The van der Waals surface area contributed by atoms with Gasteiger partial charge in [0.15, 0.2) is 5.82 Å². The smallest absolute Gasteiger partial charge is 0.256 e. The van der Waals surface area contributed by atoms with Crippen molar-refractivity contribution >= 4 is 27.3 Å². The van der Waals surface area contributed by atoms with Gasteiger partial charge in [0, 0.05) is 41.4 Å². The third kappa shape index (κ3) is 5.68. The minimum Gasteiger partial charge on any atom is -0.390 e. The first kappa shape index (κ1) is 26.3. The van der Waals surface area contributed by atoms with E-state index < -0.39 is 15.6 Å². The van der Waals surface area contributed by atoms with E-state index in [0.29, 0.717) is 35.9 Å². The number of hydrogen-bond donors (Lipinski definition) is 3. The molecule has 40 heavy (non-hydrogen) atoms. The number of aromatic nitrogens is 6. The predicted molar refractivity (Wildman–Crippen MR) is 153 cm³/mol. The quantitative estimate of drug-likeness (QED) is 0.285. The van der Waals surface area contributed by atoms with Crippen LogP contribution in [0.4, 0.5) is 17.3 Å². The highest BCUT2D eigenvalue weighted by Crippen LogP contribution is 2.34. The van der Waals surface area contributed by atoms with Gasteiger partial charge in [-0.05, 0) is 70.6 Å². The molecule has 0 unspecified atom stereocenters. The van der Waals surface area contributed by atoms with Crippen molar-refractivity contribution in [2.24, 2.45) is 0 Å². The Bertz CT molecular complexity index is 1640. The fourth-order valence-corrected chi connectivity index (χ4v) is 6.40. The summed E-state index contributed by atoms with van der Waals surface area (Å²) in [5, 5.41) is 21.0. The largest absolute Gasteiger partial charge is 0.390 e. The summed E-state index contributed by atoms with van der Waals surface area (Å²) in [4.78, 5) is 18.2. The van der Waals surface area contributed by atoms with Crippen molar-refractivity contribution in [2.75, 3.05) is 10.6 Å². The molecule has 3 N–H and O–H groups in total. The molecule has 2 saturated carbocycles. The van der Waals surface area contributed by atoms with E-state index in [4.69, 9.17) is 4.98 Å². The van der Waals surface area contributed by atoms with Gasteiger partial charge in [-0.25, -0.2) is 23.4 Å². The molecule has 12 heteroatoms. The van der Waals surface area contributed by atoms with Crippen LogP contribution in [0.2, 0.25) is 0 Å². The Hall–Kier alpha value is -3.90. The molecule has 2 fully saturated rings. The molecule has 0 bridgehead atoms. The molecule has 2 aliphatic carbocycles. The van der Waals surface area contributed by atoms with Gasteiger partial charge in [-0.2, -0.15) is 9.19 Å². The number of anilines is 3. The van der Waals surface area contributed by atoms with Crippen molar-refractivity contribution in [2.45, 2.75) is 69.3 Å². The summed E-state index contributed by atoms with van der Waals surface area (Å²) in [6.45, 7) is 3.85. The van der Waals surface area contributed by atoms with Gasteiger partial charge >= 0.3 is 0 Å². The zero-order chi connectivity index (χ0) is 27.9. The van der Waals surface area contributed by atoms with Crippen molar-refractivity contribution < 1.29 is 13.5 Å². The highest BCUT2D eigenvalue weighted by molar-refractivity contribution is 7.90. The Kier molecular flexibility index (Phi) is 6.75. The van der Waals surface area contributed by atoms with Crippen LogP contribution in [0.1, 0.15) is 51.1 Å². The molecular formula is C28H32N8O3S. The maximum atomic E-state index is 12.5. The lowest BCUT2D eigenvalue weighted by Crippen LogP contribution is -2.35. The second-order valence-electron chi connectivity index (χ2n) is 10.9. The van der Waals surface area contributed by atoms with E-state index in [1.807, 2.05) is 38.1 Å². The second-order valence-corrected chi connectivity index (χ2v) is 13.0. The Morgan fingerprint density at radius 2 is 1.82 bits per heavy atom. The lowest BCUT2D eigenvalue weighted by atomic mass is 9.83. The SMILES string of the molecule is Cc1cccc(-c2cnc(Nc3ccnc(-c4cnn(S(=O)(=O)C5CC5)c4)n3)cc2NC2CCC(C)(O)CC2)n1. The summed E-state index contributed by atoms with van der Waals surface area (Å²) >= 11 is 0. The summed E-state index contributed by atoms with van der Waals surface area (Å²) in [6.07, 6.45) is 10.8. The van der Waals surface area contributed by atoms with E-state index in [1.54, 1.807) is 18.5 Å². The summed E-state index contributed by atoms with van der Waals surface area (Å²) in [5.41, 5.74) is 3.42. The Morgan fingerprint density at radius 1 is 1.02 bits per heavy atom. The van der Waals surface area contributed by atoms with Gasteiger partial charge in [0.1, 0.15) is 11.6 Å². The number of nitrogens with zero attached hydrogens (tertiary/aromatic N) is 6. The van der Waals surface area contributed by atoms with Gasteiger partial charge in [-0.15, -0.1) is 0 Å². The van der Waals surface area contributed by atoms with E-state index in [2.05, 4.69) is 30.7 Å². The van der Waals surface area contributed by atoms with Crippen LogP contribution in [0.15, 0.2) is 55.1 Å². The number of aryl methyl sites for hydroxylation is 1. The fourth-order valence-electron chi connectivity index (χ4n) is 4.92. The van der Waals surface area contributed by atoms with Crippen LogP contribution in [0.25, 0.3) is 22.6 Å². The average molecular weight is 561 g/mol. The highest BCUT2D eigenvalue weighted by Gasteiger charge is 2.37. The van der Waals surface area contributed by atoms with Gasteiger partial charge in [-0.3, -0.25) is 4.98 Å². The number of aliphatic hydroxyl groups is 1. The van der Waals surface area contributed by atoms with E-state index >= 15 is 0 Å². The molecule has 0 amide bonds. The van der Waals surface area contributed by atoms with Crippen LogP contribution in [0.3, 0.4) is 0 Å².